The highest BCUT2D eigenvalue weighted by Crippen LogP contribution is 2.42. The molecular weight excluding hydrogens is 266 g/mol. The summed E-state index contributed by atoms with van der Waals surface area (Å²) in [6, 6.07) is 0. The summed E-state index contributed by atoms with van der Waals surface area (Å²) < 4.78 is 0. The van der Waals surface area contributed by atoms with E-state index in [-0.39, 0.29) is 1.43 Å². The smallest absolute Gasteiger partial charge is 0.297 e. The molecule has 0 aromatic carbocycles. The van der Waals surface area contributed by atoms with Gasteiger partial charge in [0.05, 0.1) is 0 Å². The fourth-order valence-corrected chi connectivity index (χ4v) is 3.24. The van der Waals surface area contributed by atoms with Gasteiger partial charge >= 0.3 is 1.43 Å². The molecule has 0 amide bonds. The fraction of sp³-hybridized carbons (Fsp3) is 0.571. The molecule has 1 aliphatic carbocycles. The van der Waals surface area contributed by atoms with Crippen LogP contribution < -0.4 is 0 Å². The second-order valence-corrected chi connectivity index (χ2v) is 7.19. The summed E-state index contributed by atoms with van der Waals surface area (Å²) in [6.07, 6.45) is 16.8. The second-order valence-electron chi connectivity index (χ2n) is 7.19. The Balaban J connectivity index is 0.00000484. The highest BCUT2D eigenvalue weighted by atomic mass is 14.6. The lowest BCUT2D eigenvalue weighted by atomic mass is 9.71. The lowest BCUT2D eigenvalue weighted by Gasteiger charge is -2.34. The minimum absolute atomic E-state index is 0. The Morgan fingerprint density at radius 3 is 2.64 bits per heavy atom. The first-order valence-corrected chi connectivity index (χ1v) is 8.49. The number of aliphatic imine (C=N–C) groups is 1. The van der Waals surface area contributed by atoms with Crippen LogP contribution in [-0.4, -0.2) is 13.3 Å². The van der Waals surface area contributed by atoms with Crippen LogP contribution in [0.5, 0.6) is 0 Å². The predicted octanol–water partition coefficient (Wildman–Crippen LogP) is 6.56. The van der Waals surface area contributed by atoms with Gasteiger partial charge in [0.15, 0.2) is 0 Å². The summed E-state index contributed by atoms with van der Waals surface area (Å²) in [5.74, 6) is 0. The Kier molecular flexibility index (Phi) is 7.58. The third-order valence-corrected chi connectivity index (χ3v) is 4.68. The molecule has 0 aliphatic heterocycles. The summed E-state index contributed by atoms with van der Waals surface area (Å²) in [5, 5.41) is 0. The molecule has 0 fully saturated rings. The van der Waals surface area contributed by atoms with Gasteiger partial charge in [-0.1, -0.05) is 48.8 Å². The maximum absolute atomic E-state index is 3.96. The van der Waals surface area contributed by atoms with Gasteiger partial charge in [-0.05, 0) is 69.9 Å². The molecule has 1 nitrogen and oxygen atoms in total. The molecule has 0 unspecified atom stereocenters. The molecule has 0 aromatic rings. The largest absolute Gasteiger partial charge is 1.00 e. The molecule has 0 saturated carbocycles. The van der Waals surface area contributed by atoms with Gasteiger partial charge in [0.2, 0.25) is 0 Å². The van der Waals surface area contributed by atoms with E-state index in [4.69, 9.17) is 0 Å². The van der Waals surface area contributed by atoms with Crippen molar-refractivity contribution in [3.8, 4) is 0 Å². The molecular formula is C21H34N+. The molecule has 1 heteroatoms. The zero-order valence-electron chi connectivity index (χ0n) is 16.4. The molecule has 0 radical (unpaired) electrons. The molecule has 0 N–H and O–H groups in total. The minimum atomic E-state index is 0. The lowest BCUT2D eigenvalue weighted by molar-refractivity contribution is 0.354. The van der Waals surface area contributed by atoms with E-state index in [9.17, 15) is 0 Å². The quantitative estimate of drug-likeness (QED) is 0.299. The Morgan fingerprint density at radius 1 is 1.27 bits per heavy atom. The fourth-order valence-electron chi connectivity index (χ4n) is 3.24. The monoisotopic (exact) mass is 300 g/mol. The molecule has 122 valence electrons. The third-order valence-electron chi connectivity index (χ3n) is 4.68. The van der Waals surface area contributed by atoms with Crippen molar-refractivity contribution in [3.63, 3.8) is 0 Å². The third kappa shape index (κ3) is 6.17. The van der Waals surface area contributed by atoms with Crippen molar-refractivity contribution in [2.75, 3.05) is 7.05 Å². The highest BCUT2D eigenvalue weighted by Gasteiger charge is 2.27. The molecule has 0 atom stereocenters. The zero-order chi connectivity index (χ0) is 16.6. The van der Waals surface area contributed by atoms with E-state index in [1.807, 2.05) is 12.3 Å². The molecule has 1 aliphatic rings. The topological polar surface area (TPSA) is 12.4 Å². The molecule has 0 heterocycles. The SMILES string of the molecule is CN=C/C=C(C)/C=C\C=C(/C)CCC1=C(C)CCCC1(C)C.[H+]. The van der Waals surface area contributed by atoms with E-state index in [0.717, 1.165) is 0 Å². The molecule has 22 heavy (non-hydrogen) atoms. The van der Waals surface area contributed by atoms with Crippen molar-refractivity contribution in [2.45, 2.75) is 66.7 Å². The molecule has 0 saturated heterocycles. The van der Waals surface area contributed by atoms with Crippen LogP contribution in [0.2, 0.25) is 0 Å². The average Bonchev–Trinajstić information content (AvgIpc) is 2.43. The van der Waals surface area contributed by atoms with E-state index in [1.54, 1.807) is 18.2 Å². The molecule has 0 bridgehead atoms. The summed E-state index contributed by atoms with van der Waals surface area (Å²) >= 11 is 0. The predicted molar refractivity (Wildman–Crippen MR) is 102 cm³/mol. The Bertz CT molecular complexity index is 516. The first kappa shape index (κ1) is 18.7. The van der Waals surface area contributed by atoms with Gasteiger partial charge in [-0.3, -0.25) is 4.99 Å². The summed E-state index contributed by atoms with van der Waals surface area (Å²) in [6.45, 7) is 11.5. The van der Waals surface area contributed by atoms with Crippen molar-refractivity contribution < 1.29 is 1.43 Å². The van der Waals surface area contributed by atoms with Crippen LogP contribution in [0.4, 0.5) is 0 Å². The van der Waals surface area contributed by atoms with Gasteiger partial charge in [0.25, 0.3) is 0 Å². The average molecular weight is 301 g/mol. The summed E-state index contributed by atoms with van der Waals surface area (Å²) in [4.78, 5) is 3.96. The van der Waals surface area contributed by atoms with E-state index in [2.05, 4.69) is 57.8 Å². The lowest BCUT2D eigenvalue weighted by Crippen LogP contribution is -2.20. The number of hydrogen-bond acceptors (Lipinski definition) is 1. The van der Waals surface area contributed by atoms with Crippen LogP contribution >= 0.6 is 0 Å². The van der Waals surface area contributed by atoms with E-state index >= 15 is 0 Å². The van der Waals surface area contributed by atoms with Crippen molar-refractivity contribution in [1.29, 1.82) is 0 Å². The maximum atomic E-state index is 3.96. The Labute approximate surface area is 139 Å². The second kappa shape index (κ2) is 8.92. The zero-order valence-corrected chi connectivity index (χ0v) is 15.4. The van der Waals surface area contributed by atoms with Gasteiger partial charge in [0, 0.05) is 13.3 Å². The number of nitrogens with zero attached hydrogens (tertiary/aromatic N) is 1. The van der Waals surface area contributed by atoms with E-state index in [1.165, 1.54) is 43.3 Å². The first-order valence-electron chi connectivity index (χ1n) is 8.49. The minimum Gasteiger partial charge on any atom is -0.297 e. The highest BCUT2D eigenvalue weighted by molar-refractivity contribution is 5.72. The Hall–Kier alpha value is -1.37. The standard InChI is InChI=1S/C21H33N/c1-17(9-7-10-18(2)14-16-22-6)12-13-20-19(3)11-8-15-21(20,4)5/h7,9-10,14,16H,8,11-13,15H2,1-6H3/p+1/b10-7-,17-9+,18-14+,22-16?. The van der Waals surface area contributed by atoms with Gasteiger partial charge < -0.3 is 0 Å². The van der Waals surface area contributed by atoms with Crippen LogP contribution in [0, 0.1) is 5.41 Å². The van der Waals surface area contributed by atoms with Crippen LogP contribution in [0.3, 0.4) is 0 Å². The van der Waals surface area contributed by atoms with Crippen LogP contribution in [0.1, 0.15) is 68.1 Å². The van der Waals surface area contributed by atoms with Crippen LogP contribution in [0.25, 0.3) is 0 Å². The van der Waals surface area contributed by atoms with E-state index < -0.39 is 0 Å². The normalized spacial score (nSPS) is 20.5. The van der Waals surface area contributed by atoms with Crippen molar-refractivity contribution in [3.05, 3.63) is 46.6 Å². The van der Waals surface area contributed by atoms with E-state index in [0.29, 0.717) is 5.41 Å². The number of hydrogen-bond donors (Lipinski definition) is 0. The Morgan fingerprint density at radius 2 is 2.00 bits per heavy atom. The summed E-state index contributed by atoms with van der Waals surface area (Å²) in [5.41, 5.74) is 6.41. The van der Waals surface area contributed by atoms with Gasteiger partial charge in [-0.15, -0.1) is 0 Å². The number of allylic oxidation sites excluding steroid dienone is 8. The maximum Gasteiger partial charge on any atom is 1.00 e. The van der Waals surface area contributed by atoms with Crippen LogP contribution in [-0.2, 0) is 0 Å². The van der Waals surface area contributed by atoms with Crippen molar-refractivity contribution in [1.82, 2.24) is 0 Å². The molecule has 0 spiro atoms. The number of rotatable bonds is 6. The first-order chi connectivity index (χ1) is 10.4. The van der Waals surface area contributed by atoms with Crippen molar-refractivity contribution >= 4 is 6.21 Å². The summed E-state index contributed by atoms with van der Waals surface area (Å²) in [7, 11) is 1.79. The van der Waals surface area contributed by atoms with Crippen molar-refractivity contribution in [2.24, 2.45) is 10.4 Å². The molecule has 1 rings (SSSR count). The van der Waals surface area contributed by atoms with Gasteiger partial charge in [-0.25, -0.2) is 0 Å². The molecule has 0 aromatic heterocycles. The van der Waals surface area contributed by atoms with Crippen LogP contribution in [0.15, 0.2) is 51.6 Å². The van der Waals surface area contributed by atoms with Gasteiger partial charge in [0.1, 0.15) is 0 Å². The van der Waals surface area contributed by atoms with Gasteiger partial charge in [-0.2, -0.15) is 0 Å².